The molecule has 33 heavy (non-hydrogen) atoms. The minimum Gasteiger partial charge on any atom is -0.464 e. The number of carbonyl (C=O) groups excluding carboxylic acids is 2. The molecule has 0 amide bonds. The van der Waals surface area contributed by atoms with Crippen LogP contribution in [0, 0.1) is 0 Å². The highest BCUT2D eigenvalue weighted by atomic mass is 32.2. The lowest BCUT2D eigenvalue weighted by atomic mass is 9.78. The zero-order valence-electron chi connectivity index (χ0n) is 18.8. The molecule has 1 fully saturated rings. The molecule has 0 saturated carbocycles. The van der Waals surface area contributed by atoms with E-state index < -0.39 is 45.6 Å². The molecule has 0 bridgehead atoms. The first-order valence-electron chi connectivity index (χ1n) is 10.9. The minimum absolute atomic E-state index is 0.0401. The van der Waals surface area contributed by atoms with Crippen LogP contribution in [-0.2, 0) is 40.4 Å². The fraction of sp³-hybridized carbons (Fsp3) is 0.417. The maximum atomic E-state index is 13.6. The van der Waals surface area contributed by atoms with Gasteiger partial charge in [-0.15, -0.1) is 0 Å². The van der Waals surface area contributed by atoms with Gasteiger partial charge in [-0.05, 0) is 30.5 Å². The number of carbonyl (C=O) groups is 2. The summed E-state index contributed by atoms with van der Waals surface area (Å²) in [4.78, 5) is 27.2. The van der Waals surface area contributed by atoms with Crippen molar-refractivity contribution in [2.45, 2.75) is 44.1 Å². The van der Waals surface area contributed by atoms with E-state index in [0.29, 0.717) is 5.56 Å². The van der Waals surface area contributed by atoms with Crippen LogP contribution in [0.1, 0.15) is 42.5 Å². The largest absolute Gasteiger partial charge is 0.464 e. The normalized spacial score (nSPS) is 23.9. The number of fused-ring (bicyclic) bond motifs is 3. The van der Waals surface area contributed by atoms with Crippen molar-refractivity contribution in [2.24, 2.45) is 0 Å². The zero-order valence-corrected chi connectivity index (χ0v) is 19.6. The van der Waals surface area contributed by atoms with Crippen LogP contribution in [0.2, 0.25) is 0 Å². The summed E-state index contributed by atoms with van der Waals surface area (Å²) < 4.78 is 44.5. The summed E-state index contributed by atoms with van der Waals surface area (Å²) >= 11 is 0. The van der Waals surface area contributed by atoms with E-state index in [9.17, 15) is 18.0 Å². The molecule has 2 aliphatic rings. The Morgan fingerprint density at radius 1 is 1.00 bits per heavy atom. The predicted molar refractivity (Wildman–Crippen MR) is 120 cm³/mol. The monoisotopic (exact) mass is 473 g/mol. The molecule has 2 heterocycles. The van der Waals surface area contributed by atoms with Crippen LogP contribution < -0.4 is 0 Å². The minimum atomic E-state index is -4.14. The summed E-state index contributed by atoms with van der Waals surface area (Å²) in [6, 6.07) is 15.6. The third-order valence-corrected chi connectivity index (χ3v) is 7.41. The number of nitrogens with zero attached hydrogens (tertiary/aromatic N) is 1. The van der Waals surface area contributed by atoms with Crippen LogP contribution in [0.5, 0.6) is 0 Å². The van der Waals surface area contributed by atoms with Gasteiger partial charge >= 0.3 is 11.9 Å². The molecule has 2 aromatic rings. The van der Waals surface area contributed by atoms with Crippen LogP contribution in [0.25, 0.3) is 0 Å². The number of sulfonamides is 1. The highest BCUT2D eigenvalue weighted by Crippen LogP contribution is 2.57. The first-order valence-corrected chi connectivity index (χ1v) is 12.7. The van der Waals surface area contributed by atoms with Crippen LogP contribution >= 0.6 is 0 Å². The second kappa shape index (κ2) is 8.89. The number of esters is 2. The Balaban J connectivity index is 2.08. The lowest BCUT2D eigenvalue weighted by Crippen LogP contribution is -2.65. The van der Waals surface area contributed by atoms with E-state index in [0.717, 1.165) is 21.7 Å². The molecule has 0 aliphatic carbocycles. The third-order valence-electron chi connectivity index (χ3n) is 6.18. The quantitative estimate of drug-likeness (QED) is 0.470. The van der Waals surface area contributed by atoms with Gasteiger partial charge in [-0.2, -0.15) is 4.31 Å². The molecule has 2 aliphatic heterocycles. The van der Waals surface area contributed by atoms with Crippen molar-refractivity contribution in [2.75, 3.05) is 19.5 Å². The average Bonchev–Trinajstić information content (AvgIpc) is 3.13. The van der Waals surface area contributed by atoms with E-state index in [2.05, 4.69) is 0 Å². The highest BCUT2D eigenvalue weighted by molar-refractivity contribution is 7.88. The summed E-state index contributed by atoms with van der Waals surface area (Å²) in [7, 11) is -4.14. The second-order valence-electron chi connectivity index (χ2n) is 8.08. The van der Waals surface area contributed by atoms with Gasteiger partial charge in [-0.3, -0.25) is 0 Å². The number of rotatable bonds is 6. The number of ether oxygens (including phenoxy) is 3. The van der Waals surface area contributed by atoms with Gasteiger partial charge in [0, 0.05) is 5.92 Å². The number of hydrogen-bond acceptors (Lipinski definition) is 7. The summed E-state index contributed by atoms with van der Waals surface area (Å²) in [5.74, 6) is -2.63. The van der Waals surface area contributed by atoms with Gasteiger partial charge in [0.1, 0.15) is 6.10 Å². The fourth-order valence-corrected chi connectivity index (χ4v) is 6.52. The summed E-state index contributed by atoms with van der Waals surface area (Å²) in [5.41, 5.74) is 0.00950. The predicted octanol–water partition coefficient (Wildman–Crippen LogP) is 2.55. The molecule has 9 heteroatoms. The van der Waals surface area contributed by atoms with Crippen molar-refractivity contribution >= 4 is 22.0 Å². The molecule has 4 rings (SSSR count). The molecular formula is C24H27NO7S. The molecule has 8 nitrogen and oxygen atoms in total. The van der Waals surface area contributed by atoms with Gasteiger partial charge in [0.2, 0.25) is 10.0 Å². The van der Waals surface area contributed by atoms with Crippen LogP contribution in [-0.4, -0.2) is 55.8 Å². The molecule has 3 atom stereocenters. The van der Waals surface area contributed by atoms with E-state index in [1.54, 1.807) is 38.1 Å². The van der Waals surface area contributed by atoms with Crippen molar-refractivity contribution < 1.29 is 32.2 Å². The second-order valence-corrected chi connectivity index (χ2v) is 9.94. The topological polar surface area (TPSA) is 99.2 Å². The van der Waals surface area contributed by atoms with Crippen LogP contribution in [0.3, 0.4) is 0 Å². The van der Waals surface area contributed by atoms with E-state index in [1.165, 1.54) is 0 Å². The van der Waals surface area contributed by atoms with Gasteiger partial charge < -0.3 is 14.2 Å². The molecule has 176 valence electrons. The molecule has 0 N–H and O–H groups in total. The molecule has 0 spiro atoms. The van der Waals surface area contributed by atoms with E-state index >= 15 is 0 Å². The first-order chi connectivity index (χ1) is 15.8. The maximum absolute atomic E-state index is 13.6. The van der Waals surface area contributed by atoms with Gasteiger partial charge in [-0.25, -0.2) is 18.0 Å². The fourth-order valence-electron chi connectivity index (χ4n) is 5.08. The van der Waals surface area contributed by atoms with Crippen LogP contribution in [0.4, 0.5) is 0 Å². The van der Waals surface area contributed by atoms with Crippen molar-refractivity contribution in [1.82, 2.24) is 4.31 Å². The highest BCUT2D eigenvalue weighted by Gasteiger charge is 2.74. The lowest BCUT2D eigenvalue weighted by Gasteiger charge is -2.38. The number of hydrogen-bond donors (Lipinski definition) is 0. The molecular weight excluding hydrogens is 446 g/mol. The van der Waals surface area contributed by atoms with Gasteiger partial charge in [0.15, 0.2) is 0 Å². The Labute approximate surface area is 193 Å². The third kappa shape index (κ3) is 3.64. The summed E-state index contributed by atoms with van der Waals surface area (Å²) in [6.45, 7) is 3.24. The van der Waals surface area contributed by atoms with Gasteiger partial charge in [-0.1, -0.05) is 54.6 Å². The van der Waals surface area contributed by atoms with E-state index in [4.69, 9.17) is 14.2 Å². The first kappa shape index (κ1) is 23.4. The Morgan fingerprint density at radius 2 is 1.58 bits per heavy atom. The van der Waals surface area contributed by atoms with Gasteiger partial charge in [0.25, 0.3) is 5.54 Å². The van der Waals surface area contributed by atoms with Crippen molar-refractivity contribution in [3.05, 3.63) is 71.3 Å². The SMILES string of the molecule is CCOC(=O)C1(C(=O)OCC)[C@H]2OCc3ccccc3[C@@H]2[C@H](c2ccccc2)N1S(C)(=O)=O. The van der Waals surface area contributed by atoms with Crippen molar-refractivity contribution in [3.8, 4) is 0 Å². The molecule has 0 radical (unpaired) electrons. The van der Waals surface area contributed by atoms with Crippen molar-refractivity contribution in [1.29, 1.82) is 0 Å². The Hall–Kier alpha value is -2.75. The molecule has 0 aromatic heterocycles. The molecule has 2 aromatic carbocycles. The van der Waals surface area contributed by atoms with Crippen LogP contribution in [0.15, 0.2) is 54.6 Å². The van der Waals surface area contributed by atoms with E-state index in [-0.39, 0.29) is 19.8 Å². The lowest BCUT2D eigenvalue weighted by molar-refractivity contribution is -0.179. The Bertz CT molecular complexity index is 1130. The molecule has 0 unspecified atom stereocenters. The number of benzene rings is 2. The van der Waals surface area contributed by atoms with Crippen molar-refractivity contribution in [3.63, 3.8) is 0 Å². The average molecular weight is 474 g/mol. The standard InChI is InChI=1S/C24H27NO7S/c1-4-30-22(26)24(23(27)31-5-2)21-19(18-14-10-9-13-17(18)15-32-21)20(25(24)33(3,28)29)16-11-7-6-8-12-16/h6-14,19-21H,4-5,15H2,1-3H3/t19-,20+,21+/m1/s1. The van der Waals surface area contributed by atoms with E-state index in [1.807, 2.05) is 30.3 Å². The maximum Gasteiger partial charge on any atom is 0.342 e. The summed E-state index contributed by atoms with van der Waals surface area (Å²) in [5, 5.41) is 0. The Morgan fingerprint density at radius 3 is 2.15 bits per heavy atom. The van der Waals surface area contributed by atoms with Gasteiger partial charge in [0.05, 0.1) is 32.1 Å². The zero-order chi connectivity index (χ0) is 23.8. The molecule has 1 saturated heterocycles. The summed E-state index contributed by atoms with van der Waals surface area (Å²) in [6.07, 6.45) is -0.148. The Kier molecular flexibility index (Phi) is 6.30. The smallest absolute Gasteiger partial charge is 0.342 e.